The fourth-order valence-electron chi connectivity index (χ4n) is 1.87. The molecule has 0 saturated carbocycles. The molecule has 1 heterocycles. The van der Waals surface area contributed by atoms with Crippen molar-refractivity contribution in [3.05, 3.63) is 28.2 Å². The lowest BCUT2D eigenvalue weighted by molar-refractivity contribution is 0.0532. The third-order valence-electron chi connectivity index (χ3n) is 2.66. The molecule has 0 radical (unpaired) electrons. The van der Waals surface area contributed by atoms with Gasteiger partial charge in [0.1, 0.15) is 0 Å². The summed E-state index contributed by atoms with van der Waals surface area (Å²) in [5, 5.41) is 8.80. The zero-order chi connectivity index (χ0) is 11.5. The van der Waals surface area contributed by atoms with Gasteiger partial charge in [0, 0.05) is 17.6 Å². The Hall–Kier alpha value is -1.05. The van der Waals surface area contributed by atoms with Gasteiger partial charge in [0.05, 0.1) is 30.0 Å². The van der Waals surface area contributed by atoms with Crippen LogP contribution in [0.4, 0.5) is 5.69 Å². The van der Waals surface area contributed by atoms with Crippen molar-refractivity contribution in [3.63, 3.8) is 0 Å². The number of hydrogen-bond acceptors (Lipinski definition) is 3. The molecule has 1 atom stereocenters. The predicted molar refractivity (Wildman–Crippen MR) is 66.5 cm³/mol. The van der Waals surface area contributed by atoms with Gasteiger partial charge in [0.25, 0.3) is 0 Å². The van der Waals surface area contributed by atoms with E-state index in [1.54, 1.807) is 0 Å². The molecule has 0 amide bonds. The molecule has 4 heteroatoms. The third kappa shape index (κ3) is 2.37. The van der Waals surface area contributed by atoms with E-state index in [4.69, 9.17) is 10.00 Å². The Morgan fingerprint density at radius 1 is 1.56 bits per heavy atom. The minimum atomic E-state index is 0.260. The van der Waals surface area contributed by atoms with Crippen LogP contribution >= 0.6 is 15.9 Å². The smallest absolute Gasteiger partial charge is 0.0992 e. The van der Waals surface area contributed by atoms with E-state index in [2.05, 4.69) is 33.8 Å². The molecule has 0 aromatic heterocycles. The Morgan fingerprint density at radius 3 is 3.00 bits per heavy atom. The van der Waals surface area contributed by atoms with E-state index in [1.165, 1.54) is 0 Å². The van der Waals surface area contributed by atoms with Crippen molar-refractivity contribution in [1.29, 1.82) is 5.26 Å². The average Bonchev–Trinajstić information content (AvgIpc) is 2.28. The second-order valence-electron chi connectivity index (χ2n) is 3.91. The van der Waals surface area contributed by atoms with E-state index in [-0.39, 0.29) is 6.10 Å². The highest BCUT2D eigenvalue weighted by Gasteiger charge is 2.18. The van der Waals surface area contributed by atoms with Gasteiger partial charge in [-0.2, -0.15) is 5.26 Å². The summed E-state index contributed by atoms with van der Waals surface area (Å²) in [5.41, 5.74) is 1.81. The number of anilines is 1. The van der Waals surface area contributed by atoms with Gasteiger partial charge in [-0.25, -0.2) is 0 Å². The van der Waals surface area contributed by atoms with E-state index >= 15 is 0 Å². The van der Waals surface area contributed by atoms with E-state index in [0.717, 1.165) is 29.9 Å². The van der Waals surface area contributed by atoms with Crippen molar-refractivity contribution in [2.45, 2.75) is 13.0 Å². The SMILES string of the molecule is CC1CN(c2ccc(C#N)cc2Br)CCO1. The van der Waals surface area contributed by atoms with Crippen LogP contribution in [-0.2, 0) is 4.74 Å². The molecular weight excluding hydrogens is 268 g/mol. The number of nitrogens with zero attached hydrogens (tertiary/aromatic N) is 2. The lowest BCUT2D eigenvalue weighted by Gasteiger charge is -2.33. The molecule has 0 spiro atoms. The molecule has 2 rings (SSSR count). The highest BCUT2D eigenvalue weighted by atomic mass is 79.9. The number of rotatable bonds is 1. The standard InChI is InChI=1S/C12H13BrN2O/c1-9-8-15(4-5-16-9)12-3-2-10(7-14)6-11(12)13/h2-3,6,9H,4-5,8H2,1H3. The molecule has 3 nitrogen and oxygen atoms in total. The molecule has 1 unspecified atom stereocenters. The third-order valence-corrected chi connectivity index (χ3v) is 3.29. The Morgan fingerprint density at radius 2 is 2.38 bits per heavy atom. The van der Waals surface area contributed by atoms with Gasteiger partial charge >= 0.3 is 0 Å². The van der Waals surface area contributed by atoms with Crippen LogP contribution in [0.15, 0.2) is 22.7 Å². The predicted octanol–water partition coefficient (Wildman–Crippen LogP) is 2.55. The molecule has 0 aliphatic carbocycles. The highest BCUT2D eigenvalue weighted by Crippen LogP contribution is 2.28. The lowest BCUT2D eigenvalue weighted by atomic mass is 10.2. The first-order chi connectivity index (χ1) is 7.70. The zero-order valence-corrected chi connectivity index (χ0v) is 10.7. The second kappa shape index (κ2) is 4.86. The molecule has 1 fully saturated rings. The molecule has 1 aromatic rings. The van der Waals surface area contributed by atoms with E-state index < -0.39 is 0 Å². The fourth-order valence-corrected chi connectivity index (χ4v) is 2.50. The Kier molecular flexibility index (Phi) is 3.47. The molecule has 0 N–H and O–H groups in total. The molecule has 16 heavy (non-hydrogen) atoms. The first-order valence-corrected chi connectivity index (χ1v) is 6.06. The van der Waals surface area contributed by atoms with Gasteiger partial charge in [0.2, 0.25) is 0 Å². The van der Waals surface area contributed by atoms with Crippen molar-refractivity contribution in [2.24, 2.45) is 0 Å². The van der Waals surface area contributed by atoms with E-state index in [9.17, 15) is 0 Å². The maximum absolute atomic E-state index is 8.80. The minimum absolute atomic E-state index is 0.260. The van der Waals surface area contributed by atoms with E-state index in [0.29, 0.717) is 5.56 Å². The van der Waals surface area contributed by atoms with Crippen LogP contribution in [0.5, 0.6) is 0 Å². The van der Waals surface area contributed by atoms with Crippen molar-refractivity contribution in [2.75, 3.05) is 24.6 Å². The Bertz CT molecular complexity index is 428. The van der Waals surface area contributed by atoms with Crippen LogP contribution in [0.2, 0.25) is 0 Å². The number of hydrogen-bond donors (Lipinski definition) is 0. The molecule has 1 aromatic carbocycles. The maximum atomic E-state index is 8.80. The van der Waals surface area contributed by atoms with Gasteiger partial charge in [0.15, 0.2) is 0 Å². The van der Waals surface area contributed by atoms with Crippen LogP contribution in [0.3, 0.4) is 0 Å². The number of nitriles is 1. The summed E-state index contributed by atoms with van der Waals surface area (Å²) in [5.74, 6) is 0. The number of morpholine rings is 1. The molecule has 1 saturated heterocycles. The maximum Gasteiger partial charge on any atom is 0.0992 e. The first kappa shape index (κ1) is 11.4. The Labute approximate surface area is 104 Å². The van der Waals surface area contributed by atoms with Gasteiger partial charge in [-0.3, -0.25) is 0 Å². The summed E-state index contributed by atoms with van der Waals surface area (Å²) in [7, 11) is 0. The number of benzene rings is 1. The van der Waals surface area contributed by atoms with Gasteiger partial charge in [-0.15, -0.1) is 0 Å². The molecule has 0 bridgehead atoms. The monoisotopic (exact) mass is 280 g/mol. The molecule has 84 valence electrons. The number of ether oxygens (including phenoxy) is 1. The van der Waals surface area contributed by atoms with Crippen LogP contribution in [-0.4, -0.2) is 25.8 Å². The average molecular weight is 281 g/mol. The minimum Gasteiger partial charge on any atom is -0.375 e. The highest BCUT2D eigenvalue weighted by molar-refractivity contribution is 9.10. The first-order valence-electron chi connectivity index (χ1n) is 5.27. The summed E-state index contributed by atoms with van der Waals surface area (Å²) in [6.07, 6.45) is 0.260. The summed E-state index contributed by atoms with van der Waals surface area (Å²) >= 11 is 3.51. The second-order valence-corrected chi connectivity index (χ2v) is 4.76. The van der Waals surface area contributed by atoms with Crippen molar-refractivity contribution in [1.82, 2.24) is 0 Å². The van der Waals surface area contributed by atoms with Crippen LogP contribution < -0.4 is 4.90 Å². The van der Waals surface area contributed by atoms with Crippen LogP contribution in [0.25, 0.3) is 0 Å². The zero-order valence-electron chi connectivity index (χ0n) is 9.11. The number of halogens is 1. The van der Waals surface area contributed by atoms with Crippen molar-refractivity contribution >= 4 is 21.6 Å². The quantitative estimate of drug-likeness (QED) is 0.793. The van der Waals surface area contributed by atoms with Gasteiger partial charge in [-0.1, -0.05) is 0 Å². The Balaban J connectivity index is 2.23. The molecule has 1 aliphatic heterocycles. The van der Waals surface area contributed by atoms with Gasteiger partial charge < -0.3 is 9.64 Å². The van der Waals surface area contributed by atoms with Crippen molar-refractivity contribution < 1.29 is 4.74 Å². The van der Waals surface area contributed by atoms with E-state index in [1.807, 2.05) is 18.2 Å². The normalized spacial score (nSPS) is 20.6. The largest absolute Gasteiger partial charge is 0.375 e. The van der Waals surface area contributed by atoms with Crippen LogP contribution in [0, 0.1) is 11.3 Å². The van der Waals surface area contributed by atoms with Crippen LogP contribution in [0.1, 0.15) is 12.5 Å². The lowest BCUT2D eigenvalue weighted by Crippen LogP contribution is -2.41. The summed E-state index contributed by atoms with van der Waals surface area (Å²) < 4.78 is 6.48. The summed E-state index contributed by atoms with van der Waals surface area (Å²) in [4.78, 5) is 2.28. The van der Waals surface area contributed by atoms with Crippen molar-refractivity contribution in [3.8, 4) is 6.07 Å². The van der Waals surface area contributed by atoms with Gasteiger partial charge in [-0.05, 0) is 41.1 Å². The molecular formula is C12H13BrN2O. The summed E-state index contributed by atoms with van der Waals surface area (Å²) in [6, 6.07) is 7.82. The fraction of sp³-hybridized carbons (Fsp3) is 0.417. The summed E-state index contributed by atoms with van der Waals surface area (Å²) in [6.45, 7) is 4.62. The molecule has 1 aliphatic rings. The topological polar surface area (TPSA) is 36.3 Å².